The Hall–Kier alpha value is -2.55. The molecule has 2 rings (SSSR count). The van der Waals surface area contributed by atoms with Crippen molar-refractivity contribution in [1.82, 2.24) is 5.32 Å². The van der Waals surface area contributed by atoms with Crippen molar-refractivity contribution in [3.63, 3.8) is 0 Å². The second-order valence-corrected chi connectivity index (χ2v) is 5.14. The van der Waals surface area contributed by atoms with Crippen molar-refractivity contribution < 1.29 is 4.79 Å². The van der Waals surface area contributed by atoms with E-state index in [1.54, 1.807) is 6.08 Å². The van der Waals surface area contributed by atoms with E-state index in [9.17, 15) is 4.79 Å². The molecule has 0 unspecified atom stereocenters. The monoisotopic (exact) mass is 280 g/mol. The summed E-state index contributed by atoms with van der Waals surface area (Å²) in [6, 6.07) is 15.5. The molecule has 0 heterocycles. The zero-order chi connectivity index (χ0) is 15.2. The predicted molar refractivity (Wildman–Crippen MR) is 87.6 cm³/mol. The predicted octanol–water partition coefficient (Wildman–Crippen LogP) is 3.47. The van der Waals surface area contributed by atoms with Gasteiger partial charge in [-0.05, 0) is 43.2 Å². The van der Waals surface area contributed by atoms with E-state index < -0.39 is 0 Å². The molecular formula is C18H20N2O. The number of rotatable bonds is 4. The van der Waals surface area contributed by atoms with Crippen LogP contribution in [0.15, 0.2) is 54.6 Å². The lowest BCUT2D eigenvalue weighted by Crippen LogP contribution is -2.24. The summed E-state index contributed by atoms with van der Waals surface area (Å²) < 4.78 is 0. The average molecular weight is 280 g/mol. The van der Waals surface area contributed by atoms with Crippen molar-refractivity contribution >= 4 is 17.7 Å². The van der Waals surface area contributed by atoms with Crippen LogP contribution in [0.3, 0.4) is 0 Å². The SMILES string of the molecule is Cc1cccc([C@H](C)NC(=O)/C=C/c2ccc(N)cc2)c1. The molecule has 3 heteroatoms. The smallest absolute Gasteiger partial charge is 0.244 e. The van der Waals surface area contributed by atoms with E-state index in [0.29, 0.717) is 5.69 Å². The first kappa shape index (κ1) is 14.9. The fourth-order valence-corrected chi connectivity index (χ4v) is 2.06. The highest BCUT2D eigenvalue weighted by Gasteiger charge is 2.07. The molecule has 3 N–H and O–H groups in total. The number of benzene rings is 2. The zero-order valence-electron chi connectivity index (χ0n) is 12.3. The van der Waals surface area contributed by atoms with Gasteiger partial charge in [-0.25, -0.2) is 0 Å². The molecule has 0 aliphatic carbocycles. The number of nitrogens with one attached hydrogen (secondary N) is 1. The lowest BCUT2D eigenvalue weighted by Gasteiger charge is -2.13. The maximum absolute atomic E-state index is 11.9. The van der Waals surface area contributed by atoms with Crippen LogP contribution in [-0.2, 0) is 4.79 Å². The van der Waals surface area contributed by atoms with E-state index in [2.05, 4.69) is 11.4 Å². The van der Waals surface area contributed by atoms with Gasteiger partial charge in [0.05, 0.1) is 6.04 Å². The molecule has 0 radical (unpaired) electrons. The van der Waals surface area contributed by atoms with Crippen LogP contribution in [0.25, 0.3) is 6.08 Å². The summed E-state index contributed by atoms with van der Waals surface area (Å²) in [5, 5.41) is 2.95. The molecule has 0 saturated heterocycles. The first-order valence-electron chi connectivity index (χ1n) is 6.95. The van der Waals surface area contributed by atoms with Crippen LogP contribution in [0.4, 0.5) is 5.69 Å². The number of nitrogens with two attached hydrogens (primary N) is 1. The number of amides is 1. The van der Waals surface area contributed by atoms with Gasteiger partial charge in [0.15, 0.2) is 0 Å². The molecule has 0 bridgehead atoms. The van der Waals surface area contributed by atoms with Crippen LogP contribution >= 0.6 is 0 Å². The first-order valence-corrected chi connectivity index (χ1v) is 6.95. The van der Waals surface area contributed by atoms with Gasteiger partial charge in [-0.1, -0.05) is 42.0 Å². The topological polar surface area (TPSA) is 55.1 Å². The summed E-state index contributed by atoms with van der Waals surface area (Å²) in [7, 11) is 0. The Balaban J connectivity index is 1.96. The third-order valence-electron chi connectivity index (χ3n) is 3.26. The van der Waals surface area contributed by atoms with Gasteiger partial charge in [-0.15, -0.1) is 0 Å². The fourth-order valence-electron chi connectivity index (χ4n) is 2.06. The number of carbonyl (C=O) groups is 1. The molecule has 2 aromatic carbocycles. The molecule has 0 aromatic heterocycles. The molecule has 0 aliphatic rings. The molecule has 2 aromatic rings. The Labute approximate surface area is 125 Å². The zero-order valence-corrected chi connectivity index (χ0v) is 12.3. The Morgan fingerprint density at radius 1 is 1.19 bits per heavy atom. The quantitative estimate of drug-likeness (QED) is 0.665. The minimum Gasteiger partial charge on any atom is -0.399 e. The number of aryl methyl sites for hydroxylation is 1. The van der Waals surface area contributed by atoms with Gasteiger partial charge in [0.2, 0.25) is 5.91 Å². The highest BCUT2D eigenvalue weighted by Crippen LogP contribution is 2.14. The number of hydrogen-bond acceptors (Lipinski definition) is 2. The number of anilines is 1. The van der Waals surface area contributed by atoms with Crippen molar-refractivity contribution in [2.45, 2.75) is 19.9 Å². The summed E-state index contributed by atoms with van der Waals surface area (Å²) in [6.07, 6.45) is 3.32. The maximum Gasteiger partial charge on any atom is 0.244 e. The van der Waals surface area contributed by atoms with E-state index in [1.807, 2.05) is 56.3 Å². The van der Waals surface area contributed by atoms with Crippen LogP contribution in [0.1, 0.15) is 29.7 Å². The summed E-state index contributed by atoms with van der Waals surface area (Å²) in [4.78, 5) is 11.9. The summed E-state index contributed by atoms with van der Waals surface area (Å²) in [6.45, 7) is 4.02. The van der Waals surface area contributed by atoms with E-state index in [0.717, 1.165) is 11.1 Å². The molecule has 0 aliphatic heterocycles. The highest BCUT2D eigenvalue weighted by molar-refractivity contribution is 5.92. The number of hydrogen-bond donors (Lipinski definition) is 2. The lowest BCUT2D eigenvalue weighted by molar-refractivity contribution is -0.117. The van der Waals surface area contributed by atoms with Gasteiger partial charge in [0.25, 0.3) is 0 Å². The fraction of sp³-hybridized carbons (Fsp3) is 0.167. The molecular weight excluding hydrogens is 260 g/mol. The average Bonchev–Trinajstić information content (AvgIpc) is 2.46. The summed E-state index contributed by atoms with van der Waals surface area (Å²) in [5.41, 5.74) is 9.57. The van der Waals surface area contributed by atoms with E-state index in [4.69, 9.17) is 5.73 Å². The van der Waals surface area contributed by atoms with E-state index in [1.165, 1.54) is 11.6 Å². The lowest BCUT2D eigenvalue weighted by atomic mass is 10.1. The van der Waals surface area contributed by atoms with Crippen molar-refractivity contribution in [2.75, 3.05) is 5.73 Å². The molecule has 0 fully saturated rings. The number of nitrogen functional groups attached to an aromatic ring is 1. The van der Waals surface area contributed by atoms with E-state index >= 15 is 0 Å². The van der Waals surface area contributed by atoms with Crippen LogP contribution in [0.2, 0.25) is 0 Å². The van der Waals surface area contributed by atoms with Crippen LogP contribution < -0.4 is 11.1 Å². The second kappa shape index (κ2) is 6.75. The Bertz CT molecular complexity index is 645. The molecule has 0 spiro atoms. The third-order valence-corrected chi connectivity index (χ3v) is 3.26. The standard InChI is InChI=1S/C18H20N2O/c1-13-4-3-5-16(12-13)14(2)20-18(21)11-8-15-6-9-17(19)10-7-15/h3-12,14H,19H2,1-2H3,(H,20,21)/b11-8+/t14-/m0/s1. The highest BCUT2D eigenvalue weighted by atomic mass is 16.1. The summed E-state index contributed by atoms with van der Waals surface area (Å²) in [5.74, 6) is -0.110. The van der Waals surface area contributed by atoms with Gasteiger partial charge in [0.1, 0.15) is 0 Å². The molecule has 0 saturated carbocycles. The molecule has 108 valence electrons. The van der Waals surface area contributed by atoms with E-state index in [-0.39, 0.29) is 11.9 Å². The molecule has 1 atom stereocenters. The Morgan fingerprint density at radius 2 is 1.90 bits per heavy atom. The van der Waals surface area contributed by atoms with Crippen LogP contribution in [0.5, 0.6) is 0 Å². The van der Waals surface area contributed by atoms with Crippen LogP contribution in [0, 0.1) is 6.92 Å². The maximum atomic E-state index is 11.9. The van der Waals surface area contributed by atoms with Gasteiger partial charge in [-0.2, -0.15) is 0 Å². The van der Waals surface area contributed by atoms with Gasteiger partial charge in [-0.3, -0.25) is 4.79 Å². The first-order chi connectivity index (χ1) is 10.0. The van der Waals surface area contributed by atoms with Crippen molar-refractivity contribution in [2.24, 2.45) is 0 Å². The Kier molecular flexibility index (Phi) is 4.77. The minimum absolute atomic E-state index is 0.0199. The van der Waals surface area contributed by atoms with Gasteiger partial charge >= 0.3 is 0 Å². The van der Waals surface area contributed by atoms with Gasteiger partial charge < -0.3 is 11.1 Å². The third kappa shape index (κ3) is 4.49. The second-order valence-electron chi connectivity index (χ2n) is 5.14. The van der Waals surface area contributed by atoms with Gasteiger partial charge in [0, 0.05) is 11.8 Å². The molecule has 21 heavy (non-hydrogen) atoms. The molecule has 1 amide bonds. The Morgan fingerprint density at radius 3 is 2.57 bits per heavy atom. The van der Waals surface area contributed by atoms with Crippen molar-refractivity contribution in [3.05, 3.63) is 71.3 Å². The summed E-state index contributed by atoms with van der Waals surface area (Å²) >= 11 is 0. The number of carbonyl (C=O) groups excluding carboxylic acids is 1. The molecule has 3 nitrogen and oxygen atoms in total. The van der Waals surface area contributed by atoms with Crippen LogP contribution in [-0.4, -0.2) is 5.91 Å². The van der Waals surface area contributed by atoms with Crippen molar-refractivity contribution in [1.29, 1.82) is 0 Å². The largest absolute Gasteiger partial charge is 0.399 e. The minimum atomic E-state index is -0.110. The van der Waals surface area contributed by atoms with Crippen molar-refractivity contribution in [3.8, 4) is 0 Å². The normalized spacial score (nSPS) is 12.3.